The molecule has 0 aromatic heterocycles. The fraction of sp³-hybridized carbons (Fsp3) is 0.818. The highest BCUT2D eigenvalue weighted by Crippen LogP contribution is 2.65. The second kappa shape index (κ2) is 6.38. The number of amides is 1. The van der Waals surface area contributed by atoms with Crippen LogP contribution in [0.1, 0.15) is 65.2 Å². The van der Waals surface area contributed by atoms with Gasteiger partial charge in [0.25, 0.3) is 6.47 Å². The Kier molecular flexibility index (Phi) is 4.44. The Morgan fingerprint density at radius 1 is 1.12 bits per heavy atom. The smallest absolute Gasteiger partial charge is 0.293 e. The van der Waals surface area contributed by atoms with Crippen molar-refractivity contribution in [1.82, 2.24) is 4.90 Å². The van der Waals surface area contributed by atoms with E-state index in [2.05, 4.69) is 19.9 Å². The fourth-order valence-electron chi connectivity index (χ4n) is 7.54. The molecule has 0 bridgehead atoms. The van der Waals surface area contributed by atoms with Crippen molar-refractivity contribution in [1.29, 1.82) is 0 Å². The molecule has 0 aromatic rings. The molecule has 0 spiro atoms. The predicted octanol–water partition coefficient (Wildman–Crippen LogP) is 3.95. The van der Waals surface area contributed by atoms with Crippen molar-refractivity contribution in [2.45, 2.75) is 77.4 Å². The lowest BCUT2D eigenvalue weighted by Crippen LogP contribution is -2.53. The van der Waals surface area contributed by atoms with Crippen LogP contribution in [0.2, 0.25) is 0 Å². The number of nitrogens with zero attached hydrogens (tertiary/aromatic N) is 1. The molecule has 0 saturated heterocycles. The molecule has 0 aliphatic heterocycles. The van der Waals surface area contributed by atoms with E-state index < -0.39 is 0 Å². The molecule has 4 heteroatoms. The summed E-state index contributed by atoms with van der Waals surface area (Å²) in [5, 5.41) is 0. The maximum absolute atomic E-state index is 11.4. The number of hydrogen-bond donors (Lipinski definition) is 0. The van der Waals surface area contributed by atoms with E-state index in [0.717, 1.165) is 49.8 Å². The van der Waals surface area contributed by atoms with Gasteiger partial charge in [-0.05, 0) is 73.5 Å². The third-order valence-corrected chi connectivity index (χ3v) is 8.91. The van der Waals surface area contributed by atoms with Crippen molar-refractivity contribution >= 4 is 12.9 Å². The monoisotopic (exact) mass is 359 g/mol. The summed E-state index contributed by atoms with van der Waals surface area (Å²) in [6.45, 7) is 5.54. The summed E-state index contributed by atoms with van der Waals surface area (Å²) in [6, 6.07) is 0.404. The minimum absolute atomic E-state index is 0.0781. The molecule has 0 heterocycles. The zero-order valence-corrected chi connectivity index (χ0v) is 16.4. The second-order valence-corrected chi connectivity index (χ2v) is 9.77. The molecule has 0 N–H and O–H groups in total. The molecule has 3 fully saturated rings. The van der Waals surface area contributed by atoms with Crippen molar-refractivity contribution in [2.24, 2.45) is 28.6 Å². The quantitative estimate of drug-likeness (QED) is 0.564. The highest BCUT2D eigenvalue weighted by molar-refractivity contribution is 5.47. The molecule has 4 aliphatic rings. The topological polar surface area (TPSA) is 46.6 Å². The van der Waals surface area contributed by atoms with Crippen molar-refractivity contribution < 1.29 is 14.3 Å². The average molecular weight is 360 g/mol. The number of carbonyl (C=O) groups excluding carboxylic acids is 2. The number of allylic oxidation sites excluding steroid dienone is 1. The molecule has 3 saturated carbocycles. The highest BCUT2D eigenvalue weighted by Gasteiger charge is 2.59. The van der Waals surface area contributed by atoms with Gasteiger partial charge in [0.2, 0.25) is 6.41 Å². The molecule has 4 nitrogen and oxygen atoms in total. The standard InChI is InChI=1S/C22H33NO3/c1-21-10-8-16(26-14-25)12-15(21)4-5-17-18-6-7-20(23(3)13-24)22(18,2)11-9-19(17)21/h4,13-14,16-20H,5-12H2,1-3H3/t16?,17-,18-,19-,20?,21-,22-/m0/s1. The Morgan fingerprint density at radius 2 is 1.92 bits per heavy atom. The Morgan fingerprint density at radius 3 is 2.65 bits per heavy atom. The molecule has 4 rings (SSSR count). The second-order valence-electron chi connectivity index (χ2n) is 9.77. The van der Waals surface area contributed by atoms with Gasteiger partial charge in [-0.1, -0.05) is 25.5 Å². The number of ether oxygens (including phenoxy) is 1. The van der Waals surface area contributed by atoms with E-state index in [4.69, 9.17) is 4.74 Å². The van der Waals surface area contributed by atoms with Gasteiger partial charge >= 0.3 is 0 Å². The van der Waals surface area contributed by atoms with Crippen LogP contribution in [0.4, 0.5) is 0 Å². The Labute approximate surface area is 157 Å². The lowest BCUT2D eigenvalue weighted by Gasteiger charge is -2.58. The summed E-state index contributed by atoms with van der Waals surface area (Å²) in [6.07, 6.45) is 12.7. The van der Waals surface area contributed by atoms with Crippen molar-refractivity contribution in [2.75, 3.05) is 7.05 Å². The first-order valence-corrected chi connectivity index (χ1v) is 10.4. The molecule has 2 unspecified atom stereocenters. The highest BCUT2D eigenvalue weighted by atomic mass is 16.5. The first kappa shape index (κ1) is 18.1. The third kappa shape index (κ3) is 2.47. The van der Waals surface area contributed by atoms with Crippen LogP contribution in [0.5, 0.6) is 0 Å². The van der Waals surface area contributed by atoms with Gasteiger partial charge < -0.3 is 9.64 Å². The van der Waals surface area contributed by atoms with Gasteiger partial charge in [-0.2, -0.15) is 0 Å². The van der Waals surface area contributed by atoms with E-state index in [1.807, 2.05) is 11.9 Å². The molecular formula is C22H33NO3. The first-order chi connectivity index (χ1) is 12.4. The molecule has 1 amide bonds. The van der Waals surface area contributed by atoms with Gasteiger partial charge in [-0.15, -0.1) is 0 Å². The zero-order chi connectivity index (χ0) is 18.5. The molecule has 7 atom stereocenters. The average Bonchev–Trinajstić information content (AvgIpc) is 2.99. The van der Waals surface area contributed by atoms with Crippen LogP contribution in [-0.2, 0) is 14.3 Å². The first-order valence-electron chi connectivity index (χ1n) is 10.4. The fourth-order valence-corrected chi connectivity index (χ4v) is 7.54. The maximum Gasteiger partial charge on any atom is 0.293 e. The molecule has 0 radical (unpaired) electrons. The zero-order valence-electron chi connectivity index (χ0n) is 16.4. The van der Waals surface area contributed by atoms with E-state index in [1.54, 1.807) is 5.57 Å². The van der Waals surface area contributed by atoms with Gasteiger partial charge in [0.1, 0.15) is 6.10 Å². The molecule has 26 heavy (non-hydrogen) atoms. The van der Waals surface area contributed by atoms with Crippen LogP contribution in [0.25, 0.3) is 0 Å². The molecular weight excluding hydrogens is 326 g/mol. The van der Waals surface area contributed by atoms with E-state index in [1.165, 1.54) is 25.7 Å². The Balaban J connectivity index is 1.59. The largest absolute Gasteiger partial charge is 0.464 e. The van der Waals surface area contributed by atoms with Crippen LogP contribution in [0, 0.1) is 28.6 Å². The van der Waals surface area contributed by atoms with Crippen LogP contribution < -0.4 is 0 Å². The summed E-state index contributed by atoms with van der Waals surface area (Å²) < 4.78 is 5.29. The van der Waals surface area contributed by atoms with Crippen molar-refractivity contribution in [3.05, 3.63) is 11.6 Å². The van der Waals surface area contributed by atoms with Gasteiger partial charge in [0.05, 0.1) is 0 Å². The molecule has 144 valence electrons. The summed E-state index contributed by atoms with van der Waals surface area (Å²) in [4.78, 5) is 24.1. The summed E-state index contributed by atoms with van der Waals surface area (Å²) in [5.41, 5.74) is 2.10. The Bertz CT molecular complexity index is 617. The number of rotatable bonds is 4. The SMILES string of the molecule is CN(C=O)C1CC[C@H]2[C@@H]3CC=C4CC(OC=O)CC[C@]4(C)[C@H]3CC[C@]12C. The summed E-state index contributed by atoms with van der Waals surface area (Å²) >= 11 is 0. The van der Waals surface area contributed by atoms with E-state index >= 15 is 0 Å². The van der Waals surface area contributed by atoms with Gasteiger partial charge in [0.15, 0.2) is 0 Å². The minimum Gasteiger partial charge on any atom is -0.464 e. The van der Waals surface area contributed by atoms with Gasteiger partial charge in [0, 0.05) is 19.5 Å². The van der Waals surface area contributed by atoms with Gasteiger partial charge in [-0.25, -0.2) is 0 Å². The number of hydrogen-bond acceptors (Lipinski definition) is 3. The van der Waals surface area contributed by atoms with E-state index in [-0.39, 0.29) is 16.9 Å². The van der Waals surface area contributed by atoms with Crippen LogP contribution in [0.15, 0.2) is 11.6 Å². The summed E-state index contributed by atoms with van der Waals surface area (Å²) in [7, 11) is 1.96. The summed E-state index contributed by atoms with van der Waals surface area (Å²) in [5.74, 6) is 2.22. The van der Waals surface area contributed by atoms with Crippen LogP contribution in [0.3, 0.4) is 0 Å². The number of fused-ring (bicyclic) bond motifs is 5. The number of carbonyl (C=O) groups is 2. The van der Waals surface area contributed by atoms with E-state index in [9.17, 15) is 9.59 Å². The van der Waals surface area contributed by atoms with Crippen molar-refractivity contribution in [3.8, 4) is 0 Å². The van der Waals surface area contributed by atoms with Crippen molar-refractivity contribution in [3.63, 3.8) is 0 Å². The maximum atomic E-state index is 11.4. The lowest BCUT2D eigenvalue weighted by molar-refractivity contribution is -0.136. The predicted molar refractivity (Wildman–Crippen MR) is 100 cm³/mol. The minimum atomic E-state index is 0.0781. The lowest BCUT2D eigenvalue weighted by atomic mass is 9.48. The molecule has 4 aliphatic carbocycles. The normalized spacial score (nSPS) is 47.0. The van der Waals surface area contributed by atoms with Crippen LogP contribution in [-0.4, -0.2) is 37.0 Å². The van der Waals surface area contributed by atoms with E-state index in [0.29, 0.717) is 12.5 Å². The third-order valence-electron chi connectivity index (χ3n) is 8.91. The molecule has 0 aromatic carbocycles. The van der Waals surface area contributed by atoms with Crippen LogP contribution >= 0.6 is 0 Å². The van der Waals surface area contributed by atoms with Gasteiger partial charge in [-0.3, -0.25) is 9.59 Å². The Hall–Kier alpha value is -1.32.